The molecule has 1 heterocycles. The minimum atomic E-state index is -0.200. The highest BCUT2D eigenvalue weighted by Gasteiger charge is 2.08. The van der Waals surface area contributed by atoms with Gasteiger partial charge in [0.1, 0.15) is 5.82 Å². The van der Waals surface area contributed by atoms with Crippen molar-refractivity contribution in [2.45, 2.75) is 19.8 Å². The van der Waals surface area contributed by atoms with Gasteiger partial charge in [-0.2, -0.15) is 0 Å². The molecule has 1 aromatic heterocycles. The Morgan fingerprint density at radius 3 is 2.59 bits per heavy atom. The quantitative estimate of drug-likeness (QED) is 0.804. The molecule has 6 nitrogen and oxygen atoms in total. The standard InChI is InChI=1S/C16H20N2O4/c1-11-12(7-9-19)16(20)18-15(17-11)8-10-22-14-6-4-3-5-13(14)21-2/h3-6,19H,7-10H2,1-2H3,(H,17,18,20). The van der Waals surface area contributed by atoms with E-state index in [-0.39, 0.29) is 12.2 Å². The van der Waals surface area contributed by atoms with Crippen LogP contribution in [-0.4, -0.2) is 35.4 Å². The first-order valence-electron chi connectivity index (χ1n) is 7.11. The van der Waals surface area contributed by atoms with E-state index >= 15 is 0 Å². The average molecular weight is 304 g/mol. The van der Waals surface area contributed by atoms with Crippen molar-refractivity contribution in [1.82, 2.24) is 9.97 Å². The number of aliphatic hydroxyl groups excluding tert-OH is 1. The van der Waals surface area contributed by atoms with Crippen molar-refractivity contribution in [2.75, 3.05) is 20.3 Å². The smallest absolute Gasteiger partial charge is 0.254 e. The molecule has 0 amide bonds. The number of rotatable bonds is 7. The van der Waals surface area contributed by atoms with E-state index in [0.29, 0.717) is 48.0 Å². The average Bonchev–Trinajstić information content (AvgIpc) is 2.51. The molecule has 0 fully saturated rings. The van der Waals surface area contributed by atoms with Crippen molar-refractivity contribution in [1.29, 1.82) is 0 Å². The summed E-state index contributed by atoms with van der Waals surface area (Å²) in [6.07, 6.45) is 0.791. The molecule has 2 N–H and O–H groups in total. The van der Waals surface area contributed by atoms with E-state index < -0.39 is 0 Å². The predicted molar refractivity (Wildman–Crippen MR) is 82.6 cm³/mol. The Hall–Kier alpha value is -2.34. The number of nitrogens with one attached hydrogen (secondary N) is 1. The van der Waals surface area contributed by atoms with Gasteiger partial charge in [-0.3, -0.25) is 4.79 Å². The van der Waals surface area contributed by atoms with Crippen molar-refractivity contribution in [3.8, 4) is 11.5 Å². The monoisotopic (exact) mass is 304 g/mol. The lowest BCUT2D eigenvalue weighted by atomic mass is 10.2. The molecule has 2 rings (SSSR count). The largest absolute Gasteiger partial charge is 0.493 e. The number of benzene rings is 1. The molecule has 22 heavy (non-hydrogen) atoms. The van der Waals surface area contributed by atoms with Gasteiger partial charge in [-0.25, -0.2) is 4.98 Å². The Morgan fingerprint density at radius 1 is 1.23 bits per heavy atom. The second-order valence-corrected chi connectivity index (χ2v) is 4.80. The molecule has 0 aliphatic carbocycles. The molecule has 0 aliphatic rings. The molecule has 0 atom stereocenters. The normalized spacial score (nSPS) is 10.5. The topological polar surface area (TPSA) is 84.4 Å². The number of ether oxygens (including phenoxy) is 2. The lowest BCUT2D eigenvalue weighted by molar-refractivity contribution is 0.294. The summed E-state index contributed by atoms with van der Waals surface area (Å²) >= 11 is 0. The van der Waals surface area contributed by atoms with Crippen LogP contribution in [-0.2, 0) is 12.8 Å². The van der Waals surface area contributed by atoms with Crippen molar-refractivity contribution in [3.05, 3.63) is 51.7 Å². The summed E-state index contributed by atoms with van der Waals surface area (Å²) in [7, 11) is 1.59. The maximum absolute atomic E-state index is 11.9. The van der Waals surface area contributed by atoms with Crippen LogP contribution >= 0.6 is 0 Å². The van der Waals surface area contributed by atoms with Crippen LogP contribution in [0, 0.1) is 6.92 Å². The molecule has 0 bridgehead atoms. The number of hydrogen-bond donors (Lipinski definition) is 2. The van der Waals surface area contributed by atoms with Crippen LogP contribution in [0.4, 0.5) is 0 Å². The summed E-state index contributed by atoms with van der Waals surface area (Å²) in [5.74, 6) is 1.89. The Balaban J connectivity index is 2.02. The Kier molecular flexibility index (Phi) is 5.55. The number of aromatic amines is 1. The number of para-hydroxylation sites is 2. The number of nitrogens with zero attached hydrogens (tertiary/aromatic N) is 1. The molecule has 0 unspecified atom stereocenters. The fourth-order valence-corrected chi connectivity index (χ4v) is 2.19. The van der Waals surface area contributed by atoms with Gasteiger partial charge >= 0.3 is 0 Å². The van der Waals surface area contributed by atoms with Crippen molar-refractivity contribution < 1.29 is 14.6 Å². The third-order valence-corrected chi connectivity index (χ3v) is 3.30. The molecule has 0 radical (unpaired) electrons. The highest BCUT2D eigenvalue weighted by atomic mass is 16.5. The molecule has 0 saturated heterocycles. The number of hydrogen-bond acceptors (Lipinski definition) is 5. The lowest BCUT2D eigenvalue weighted by Gasteiger charge is -2.10. The molecule has 0 spiro atoms. The van der Waals surface area contributed by atoms with Crippen molar-refractivity contribution in [3.63, 3.8) is 0 Å². The molecular formula is C16H20N2O4. The van der Waals surface area contributed by atoms with E-state index in [1.54, 1.807) is 14.0 Å². The predicted octanol–water partition coefficient (Wildman–Crippen LogP) is 1.24. The number of aryl methyl sites for hydroxylation is 1. The summed E-state index contributed by atoms with van der Waals surface area (Å²) in [5, 5.41) is 8.94. The first-order chi connectivity index (χ1) is 10.7. The third kappa shape index (κ3) is 3.85. The van der Waals surface area contributed by atoms with Gasteiger partial charge in [-0.15, -0.1) is 0 Å². The molecule has 118 valence electrons. The molecule has 0 aliphatic heterocycles. The Bertz CT molecular complexity index is 682. The van der Waals surface area contributed by atoms with Crippen LogP contribution in [0.5, 0.6) is 11.5 Å². The van der Waals surface area contributed by atoms with Crippen LogP contribution in [0.1, 0.15) is 17.1 Å². The number of methoxy groups -OCH3 is 1. The first-order valence-corrected chi connectivity index (χ1v) is 7.11. The number of aromatic nitrogens is 2. The Morgan fingerprint density at radius 2 is 1.95 bits per heavy atom. The molecule has 6 heteroatoms. The summed E-state index contributed by atoms with van der Waals surface area (Å²) in [5.41, 5.74) is 0.968. The Labute approximate surface area is 128 Å². The van der Waals surface area contributed by atoms with Gasteiger partial charge in [0.05, 0.1) is 13.7 Å². The van der Waals surface area contributed by atoms with Crippen molar-refractivity contribution >= 4 is 0 Å². The van der Waals surface area contributed by atoms with E-state index in [2.05, 4.69) is 9.97 Å². The van der Waals surface area contributed by atoms with E-state index in [0.717, 1.165) is 0 Å². The minimum Gasteiger partial charge on any atom is -0.493 e. The summed E-state index contributed by atoms with van der Waals surface area (Å²) in [4.78, 5) is 19.0. The summed E-state index contributed by atoms with van der Waals surface area (Å²) in [6, 6.07) is 7.38. The van der Waals surface area contributed by atoms with Gasteiger partial charge in [-0.1, -0.05) is 12.1 Å². The highest BCUT2D eigenvalue weighted by Crippen LogP contribution is 2.25. The number of H-pyrrole nitrogens is 1. The van der Waals surface area contributed by atoms with Crippen LogP contribution in [0.2, 0.25) is 0 Å². The third-order valence-electron chi connectivity index (χ3n) is 3.30. The van der Waals surface area contributed by atoms with Crippen LogP contribution in [0.25, 0.3) is 0 Å². The minimum absolute atomic E-state index is 0.0676. The van der Waals surface area contributed by atoms with Crippen LogP contribution in [0.15, 0.2) is 29.1 Å². The number of aliphatic hydroxyl groups is 1. The molecule has 0 saturated carbocycles. The zero-order valence-corrected chi connectivity index (χ0v) is 12.8. The van der Waals surface area contributed by atoms with Gasteiger partial charge in [0, 0.05) is 30.7 Å². The maximum Gasteiger partial charge on any atom is 0.254 e. The second-order valence-electron chi connectivity index (χ2n) is 4.80. The summed E-state index contributed by atoms with van der Waals surface area (Å²) < 4.78 is 10.9. The summed E-state index contributed by atoms with van der Waals surface area (Å²) in [6.45, 7) is 2.08. The lowest BCUT2D eigenvalue weighted by Crippen LogP contribution is -2.21. The fourth-order valence-electron chi connectivity index (χ4n) is 2.19. The first kappa shape index (κ1) is 16.0. The van der Waals surface area contributed by atoms with Crippen LogP contribution < -0.4 is 15.0 Å². The second kappa shape index (κ2) is 7.61. The van der Waals surface area contributed by atoms with Crippen molar-refractivity contribution in [2.24, 2.45) is 0 Å². The van der Waals surface area contributed by atoms with Gasteiger partial charge in [0.25, 0.3) is 5.56 Å². The molecule has 1 aromatic carbocycles. The van der Waals surface area contributed by atoms with E-state index in [1.807, 2.05) is 24.3 Å². The fraction of sp³-hybridized carbons (Fsp3) is 0.375. The molecule has 2 aromatic rings. The van der Waals surface area contributed by atoms with Crippen LogP contribution in [0.3, 0.4) is 0 Å². The van der Waals surface area contributed by atoms with Gasteiger partial charge < -0.3 is 19.6 Å². The van der Waals surface area contributed by atoms with Gasteiger partial charge in [0.15, 0.2) is 11.5 Å². The van der Waals surface area contributed by atoms with E-state index in [4.69, 9.17) is 14.6 Å². The maximum atomic E-state index is 11.9. The van der Waals surface area contributed by atoms with E-state index in [9.17, 15) is 4.79 Å². The highest BCUT2D eigenvalue weighted by molar-refractivity contribution is 5.39. The van der Waals surface area contributed by atoms with Gasteiger partial charge in [0.2, 0.25) is 0 Å². The van der Waals surface area contributed by atoms with Gasteiger partial charge in [-0.05, 0) is 19.1 Å². The molecular weight excluding hydrogens is 284 g/mol. The SMILES string of the molecule is COc1ccccc1OCCc1nc(C)c(CCO)c(=O)[nH]1. The van der Waals surface area contributed by atoms with E-state index in [1.165, 1.54) is 0 Å². The zero-order chi connectivity index (χ0) is 15.9. The zero-order valence-electron chi connectivity index (χ0n) is 12.8.